The molecule has 0 heterocycles. The van der Waals surface area contributed by atoms with Crippen molar-refractivity contribution in [3.8, 4) is 0 Å². The Morgan fingerprint density at radius 2 is 2.06 bits per heavy atom. The average Bonchev–Trinajstić information content (AvgIpc) is 2.35. The molecule has 2 N–H and O–H groups in total. The molecule has 1 aromatic rings. The van der Waals surface area contributed by atoms with Crippen molar-refractivity contribution in [1.82, 2.24) is 0 Å². The van der Waals surface area contributed by atoms with E-state index in [9.17, 15) is 4.79 Å². The molecule has 1 aliphatic carbocycles. The van der Waals surface area contributed by atoms with Gasteiger partial charge in [0.25, 0.3) is 0 Å². The summed E-state index contributed by atoms with van der Waals surface area (Å²) in [5.41, 5.74) is 4.05. The Morgan fingerprint density at radius 1 is 1.33 bits per heavy atom. The van der Waals surface area contributed by atoms with Crippen LogP contribution in [-0.4, -0.2) is 17.6 Å². The maximum Gasteiger partial charge on any atom is 0.303 e. The molecule has 0 radical (unpaired) electrons. The zero-order chi connectivity index (χ0) is 13.0. The number of rotatable bonds is 5. The minimum absolute atomic E-state index is 0.151. The molecule has 0 saturated heterocycles. The fourth-order valence-electron chi connectivity index (χ4n) is 2.51. The quantitative estimate of drug-likeness (QED) is 0.840. The van der Waals surface area contributed by atoms with Crippen molar-refractivity contribution < 1.29 is 9.90 Å². The smallest absolute Gasteiger partial charge is 0.303 e. The van der Waals surface area contributed by atoms with E-state index in [1.807, 2.05) is 6.92 Å². The van der Waals surface area contributed by atoms with Gasteiger partial charge < -0.3 is 10.4 Å². The first-order valence-corrected chi connectivity index (χ1v) is 6.72. The monoisotopic (exact) mass is 247 g/mol. The largest absolute Gasteiger partial charge is 0.481 e. The normalized spacial score (nSPS) is 15.8. The lowest BCUT2D eigenvalue weighted by atomic mass is 9.91. The summed E-state index contributed by atoms with van der Waals surface area (Å²) >= 11 is 0. The highest BCUT2D eigenvalue weighted by molar-refractivity contribution is 5.67. The Balaban J connectivity index is 1.91. The van der Waals surface area contributed by atoms with Gasteiger partial charge in [0.1, 0.15) is 0 Å². The summed E-state index contributed by atoms with van der Waals surface area (Å²) in [6.45, 7) is 2.67. The molecular weight excluding hydrogens is 226 g/mol. The van der Waals surface area contributed by atoms with E-state index in [0.29, 0.717) is 6.54 Å². The van der Waals surface area contributed by atoms with Crippen LogP contribution in [0.3, 0.4) is 0 Å². The SMILES string of the molecule is CC(CNc1ccc2c(c1)CCCC2)CC(=O)O. The van der Waals surface area contributed by atoms with Gasteiger partial charge in [-0.05, 0) is 54.9 Å². The Kier molecular flexibility index (Phi) is 4.24. The van der Waals surface area contributed by atoms with Crippen molar-refractivity contribution in [3.63, 3.8) is 0 Å². The summed E-state index contributed by atoms with van der Waals surface area (Å²) in [6, 6.07) is 6.54. The lowest BCUT2D eigenvalue weighted by Gasteiger charge is -2.18. The number of anilines is 1. The Morgan fingerprint density at radius 3 is 2.78 bits per heavy atom. The number of aliphatic carboxylic acids is 1. The van der Waals surface area contributed by atoms with Crippen molar-refractivity contribution in [2.45, 2.75) is 39.0 Å². The maximum absolute atomic E-state index is 10.6. The van der Waals surface area contributed by atoms with Gasteiger partial charge in [0.15, 0.2) is 0 Å². The van der Waals surface area contributed by atoms with Crippen LogP contribution in [0.5, 0.6) is 0 Å². The third kappa shape index (κ3) is 3.49. The summed E-state index contributed by atoms with van der Waals surface area (Å²) in [7, 11) is 0. The zero-order valence-corrected chi connectivity index (χ0v) is 10.9. The highest BCUT2D eigenvalue weighted by atomic mass is 16.4. The highest BCUT2D eigenvalue weighted by Gasteiger charge is 2.10. The maximum atomic E-state index is 10.6. The molecule has 18 heavy (non-hydrogen) atoms. The van der Waals surface area contributed by atoms with Gasteiger partial charge in [0.2, 0.25) is 0 Å². The fourth-order valence-corrected chi connectivity index (χ4v) is 2.51. The van der Waals surface area contributed by atoms with Gasteiger partial charge >= 0.3 is 5.97 Å². The molecule has 0 bridgehead atoms. The molecule has 98 valence electrons. The number of carbonyl (C=O) groups is 1. The van der Waals surface area contributed by atoms with E-state index in [1.165, 1.54) is 36.8 Å². The first-order chi connectivity index (χ1) is 8.65. The third-order valence-corrected chi connectivity index (χ3v) is 3.53. The number of nitrogens with one attached hydrogen (secondary N) is 1. The molecule has 1 aromatic carbocycles. The molecule has 0 saturated carbocycles. The van der Waals surface area contributed by atoms with Gasteiger partial charge in [-0.2, -0.15) is 0 Å². The minimum atomic E-state index is -0.727. The van der Waals surface area contributed by atoms with Crippen LogP contribution in [0.2, 0.25) is 0 Å². The standard InChI is InChI=1S/C15H21NO2/c1-11(8-15(17)18)10-16-14-7-6-12-4-2-3-5-13(12)9-14/h6-7,9,11,16H,2-5,8,10H2,1H3,(H,17,18). The molecule has 0 spiro atoms. The number of carboxylic acids is 1. The number of hydrogen-bond acceptors (Lipinski definition) is 2. The van der Waals surface area contributed by atoms with Gasteiger partial charge in [-0.25, -0.2) is 0 Å². The van der Waals surface area contributed by atoms with Crippen molar-refractivity contribution in [1.29, 1.82) is 0 Å². The predicted octanol–water partition coefficient (Wildman–Crippen LogP) is 3.09. The molecule has 3 heteroatoms. The topological polar surface area (TPSA) is 49.3 Å². The summed E-state index contributed by atoms with van der Waals surface area (Å²) < 4.78 is 0. The Labute approximate surface area is 108 Å². The lowest BCUT2D eigenvalue weighted by Crippen LogP contribution is -2.15. The number of fused-ring (bicyclic) bond motifs is 1. The van der Waals surface area contributed by atoms with Crippen LogP contribution in [0.1, 0.15) is 37.3 Å². The van der Waals surface area contributed by atoms with Crippen LogP contribution < -0.4 is 5.32 Å². The van der Waals surface area contributed by atoms with Crippen molar-refractivity contribution in [2.75, 3.05) is 11.9 Å². The number of hydrogen-bond donors (Lipinski definition) is 2. The number of carboxylic acid groups (broad SMARTS) is 1. The van der Waals surface area contributed by atoms with E-state index in [2.05, 4.69) is 23.5 Å². The van der Waals surface area contributed by atoms with Crippen molar-refractivity contribution >= 4 is 11.7 Å². The van der Waals surface area contributed by atoms with E-state index in [4.69, 9.17) is 5.11 Å². The van der Waals surface area contributed by atoms with Crippen molar-refractivity contribution in [3.05, 3.63) is 29.3 Å². The van der Waals surface area contributed by atoms with Crippen LogP contribution in [0, 0.1) is 5.92 Å². The van der Waals surface area contributed by atoms with Crippen LogP contribution in [0.15, 0.2) is 18.2 Å². The number of aryl methyl sites for hydroxylation is 2. The van der Waals surface area contributed by atoms with E-state index >= 15 is 0 Å². The van der Waals surface area contributed by atoms with Crippen LogP contribution >= 0.6 is 0 Å². The van der Waals surface area contributed by atoms with Crippen LogP contribution in [0.4, 0.5) is 5.69 Å². The second kappa shape index (κ2) is 5.89. The van der Waals surface area contributed by atoms with E-state index < -0.39 is 5.97 Å². The minimum Gasteiger partial charge on any atom is -0.481 e. The molecule has 1 aliphatic rings. The van der Waals surface area contributed by atoms with Crippen LogP contribution in [0.25, 0.3) is 0 Å². The predicted molar refractivity (Wildman–Crippen MR) is 73.0 cm³/mol. The summed E-state index contributed by atoms with van der Waals surface area (Å²) in [4.78, 5) is 10.6. The molecule has 0 aromatic heterocycles. The molecule has 2 rings (SSSR count). The first kappa shape index (κ1) is 12.9. The van der Waals surface area contributed by atoms with E-state index in [0.717, 1.165) is 5.69 Å². The van der Waals surface area contributed by atoms with Gasteiger partial charge in [-0.3, -0.25) is 4.79 Å². The summed E-state index contributed by atoms with van der Waals surface area (Å²) in [5, 5.41) is 12.0. The molecule has 0 fully saturated rings. The summed E-state index contributed by atoms with van der Waals surface area (Å²) in [6.07, 6.45) is 5.18. The Bertz CT molecular complexity index is 429. The molecule has 1 unspecified atom stereocenters. The molecule has 0 amide bonds. The number of benzene rings is 1. The van der Waals surface area contributed by atoms with Gasteiger partial charge in [0, 0.05) is 18.7 Å². The van der Waals surface area contributed by atoms with E-state index in [1.54, 1.807) is 0 Å². The highest BCUT2D eigenvalue weighted by Crippen LogP contribution is 2.24. The fraction of sp³-hybridized carbons (Fsp3) is 0.533. The zero-order valence-electron chi connectivity index (χ0n) is 10.9. The summed E-state index contributed by atoms with van der Waals surface area (Å²) in [5.74, 6) is -0.576. The molecule has 1 atom stereocenters. The lowest BCUT2D eigenvalue weighted by molar-refractivity contribution is -0.137. The second-order valence-electron chi connectivity index (χ2n) is 5.27. The average molecular weight is 247 g/mol. The molecule has 0 aliphatic heterocycles. The van der Waals surface area contributed by atoms with Gasteiger partial charge in [0.05, 0.1) is 0 Å². The molecular formula is C15H21NO2. The van der Waals surface area contributed by atoms with E-state index in [-0.39, 0.29) is 12.3 Å². The third-order valence-electron chi connectivity index (χ3n) is 3.53. The van der Waals surface area contributed by atoms with Crippen LogP contribution in [-0.2, 0) is 17.6 Å². The molecule has 3 nitrogen and oxygen atoms in total. The van der Waals surface area contributed by atoms with Gasteiger partial charge in [-0.15, -0.1) is 0 Å². The Hall–Kier alpha value is -1.51. The van der Waals surface area contributed by atoms with Crippen molar-refractivity contribution in [2.24, 2.45) is 5.92 Å². The first-order valence-electron chi connectivity index (χ1n) is 6.72. The van der Waals surface area contributed by atoms with Gasteiger partial charge in [-0.1, -0.05) is 13.0 Å². The second-order valence-corrected chi connectivity index (χ2v) is 5.27.